The predicted molar refractivity (Wildman–Crippen MR) is 85.9 cm³/mol. The van der Waals surface area contributed by atoms with Crippen LogP contribution >= 0.6 is 10.0 Å². The maximum Gasteiger partial charge on any atom is 0.118 e. The van der Waals surface area contributed by atoms with Gasteiger partial charge in [-0.1, -0.05) is 24.3 Å². The van der Waals surface area contributed by atoms with Crippen LogP contribution in [0.15, 0.2) is 53.4 Å². The highest BCUT2D eigenvalue weighted by Crippen LogP contribution is 2.44. The van der Waals surface area contributed by atoms with Gasteiger partial charge in [0.1, 0.15) is 5.75 Å². The third-order valence-electron chi connectivity index (χ3n) is 3.20. The van der Waals surface area contributed by atoms with E-state index in [9.17, 15) is 0 Å². The van der Waals surface area contributed by atoms with Crippen molar-refractivity contribution >= 4 is 10.0 Å². The zero-order chi connectivity index (χ0) is 13.9. The molecule has 0 aliphatic rings. The van der Waals surface area contributed by atoms with Crippen molar-refractivity contribution in [1.29, 1.82) is 0 Å². The fraction of sp³-hybridized carbons (Fsp3) is 0.294. The lowest BCUT2D eigenvalue weighted by Crippen LogP contribution is -1.94. The fourth-order valence-electron chi connectivity index (χ4n) is 1.99. The molecule has 0 fully saturated rings. The lowest BCUT2D eigenvalue weighted by molar-refractivity contribution is 0.414. The van der Waals surface area contributed by atoms with E-state index in [1.807, 2.05) is 12.1 Å². The maximum absolute atomic E-state index is 5.18. The Morgan fingerprint density at radius 1 is 0.789 bits per heavy atom. The molecule has 0 atom stereocenters. The maximum atomic E-state index is 5.18. The molecule has 2 aromatic carbocycles. The summed E-state index contributed by atoms with van der Waals surface area (Å²) >= 11 is 0. The molecule has 0 saturated heterocycles. The second-order valence-corrected chi connectivity index (χ2v) is 9.65. The van der Waals surface area contributed by atoms with E-state index in [0.29, 0.717) is 0 Å². The van der Waals surface area contributed by atoms with E-state index in [-0.39, 0.29) is 0 Å². The SMILES string of the molecule is COc1ccc(Cc2ccc(S(C)(C)C)cc2)cc1. The van der Waals surface area contributed by atoms with Crippen LogP contribution in [-0.2, 0) is 6.42 Å². The van der Waals surface area contributed by atoms with Crippen molar-refractivity contribution in [2.24, 2.45) is 0 Å². The van der Waals surface area contributed by atoms with Crippen molar-refractivity contribution in [1.82, 2.24) is 0 Å². The number of hydrogen-bond donors (Lipinski definition) is 0. The van der Waals surface area contributed by atoms with Gasteiger partial charge in [-0.3, -0.25) is 0 Å². The van der Waals surface area contributed by atoms with E-state index in [4.69, 9.17) is 4.74 Å². The summed E-state index contributed by atoms with van der Waals surface area (Å²) in [5.74, 6) is 0.912. The first-order chi connectivity index (χ1) is 8.99. The van der Waals surface area contributed by atoms with E-state index in [1.165, 1.54) is 16.0 Å². The van der Waals surface area contributed by atoms with Gasteiger partial charge >= 0.3 is 0 Å². The molecule has 0 N–H and O–H groups in total. The Labute approximate surface area is 117 Å². The van der Waals surface area contributed by atoms with Gasteiger partial charge in [0.2, 0.25) is 0 Å². The van der Waals surface area contributed by atoms with Crippen LogP contribution in [0.5, 0.6) is 5.75 Å². The Kier molecular flexibility index (Phi) is 4.20. The number of methoxy groups -OCH3 is 1. The highest BCUT2D eigenvalue weighted by Gasteiger charge is 2.07. The Balaban J connectivity index is 2.10. The number of hydrogen-bond acceptors (Lipinski definition) is 1. The van der Waals surface area contributed by atoms with Crippen LogP contribution in [-0.4, -0.2) is 25.9 Å². The number of benzene rings is 2. The number of ether oxygens (including phenoxy) is 1. The van der Waals surface area contributed by atoms with Crippen molar-refractivity contribution < 1.29 is 4.74 Å². The van der Waals surface area contributed by atoms with E-state index in [1.54, 1.807) is 7.11 Å². The molecule has 0 amide bonds. The molecule has 0 radical (unpaired) electrons. The van der Waals surface area contributed by atoms with Gasteiger partial charge in [-0.2, -0.15) is 0 Å². The molecule has 0 saturated carbocycles. The average Bonchev–Trinajstić information content (AvgIpc) is 2.39. The van der Waals surface area contributed by atoms with Gasteiger partial charge in [0, 0.05) is 0 Å². The molecule has 0 unspecified atom stereocenters. The van der Waals surface area contributed by atoms with E-state index < -0.39 is 10.0 Å². The van der Waals surface area contributed by atoms with Crippen molar-refractivity contribution in [2.75, 3.05) is 25.9 Å². The summed E-state index contributed by atoms with van der Waals surface area (Å²) < 4.78 is 5.18. The molecular weight excluding hydrogens is 252 g/mol. The predicted octanol–water partition coefficient (Wildman–Crippen LogP) is 4.34. The van der Waals surface area contributed by atoms with E-state index >= 15 is 0 Å². The Bertz CT molecular complexity index is 521. The van der Waals surface area contributed by atoms with Crippen molar-refractivity contribution in [3.63, 3.8) is 0 Å². The van der Waals surface area contributed by atoms with Crippen molar-refractivity contribution in [3.8, 4) is 5.75 Å². The van der Waals surface area contributed by atoms with Crippen LogP contribution in [0.3, 0.4) is 0 Å². The summed E-state index contributed by atoms with van der Waals surface area (Å²) in [6.07, 6.45) is 7.95. The summed E-state index contributed by atoms with van der Waals surface area (Å²) in [5.41, 5.74) is 2.68. The quantitative estimate of drug-likeness (QED) is 0.806. The Morgan fingerprint density at radius 3 is 1.68 bits per heavy atom. The van der Waals surface area contributed by atoms with E-state index in [2.05, 4.69) is 55.2 Å². The molecule has 102 valence electrons. The fourth-order valence-corrected chi connectivity index (χ4v) is 2.95. The van der Waals surface area contributed by atoms with Gasteiger partial charge in [-0.15, -0.1) is 0 Å². The third kappa shape index (κ3) is 3.77. The Morgan fingerprint density at radius 2 is 1.26 bits per heavy atom. The molecular formula is C17H22OS. The first-order valence-electron chi connectivity index (χ1n) is 6.39. The monoisotopic (exact) mass is 274 g/mol. The largest absolute Gasteiger partial charge is 0.497 e. The molecule has 0 heterocycles. The standard InChI is InChI=1S/C17H22OS/c1-18-16-9-5-14(6-10-16)13-15-7-11-17(12-8-15)19(2,3)4/h5-12H,13H2,1-4H3. The van der Waals surface area contributed by atoms with E-state index in [0.717, 1.165) is 12.2 Å². The first kappa shape index (κ1) is 14.0. The molecule has 2 heteroatoms. The molecule has 0 bridgehead atoms. The molecule has 0 aliphatic heterocycles. The molecule has 0 aromatic heterocycles. The van der Waals surface area contributed by atoms with Crippen LogP contribution in [0.1, 0.15) is 11.1 Å². The molecule has 0 spiro atoms. The smallest absolute Gasteiger partial charge is 0.118 e. The normalized spacial score (nSPS) is 12.2. The second-order valence-electron chi connectivity index (χ2n) is 5.51. The molecule has 0 aliphatic carbocycles. The minimum absolute atomic E-state index is 0.618. The first-order valence-corrected chi connectivity index (χ1v) is 9.25. The van der Waals surface area contributed by atoms with Gasteiger partial charge in [0.05, 0.1) is 7.11 Å². The molecule has 19 heavy (non-hydrogen) atoms. The lowest BCUT2D eigenvalue weighted by Gasteiger charge is -2.25. The summed E-state index contributed by atoms with van der Waals surface area (Å²) in [7, 11) is 1.08. The minimum Gasteiger partial charge on any atom is -0.497 e. The highest BCUT2D eigenvalue weighted by atomic mass is 32.3. The Hall–Kier alpha value is -1.41. The summed E-state index contributed by atoms with van der Waals surface area (Å²) in [6.45, 7) is 0. The van der Waals surface area contributed by atoms with Gasteiger partial charge in [0.25, 0.3) is 0 Å². The lowest BCUT2D eigenvalue weighted by atomic mass is 10.1. The third-order valence-corrected chi connectivity index (χ3v) is 4.88. The van der Waals surface area contributed by atoms with Crippen LogP contribution in [0.4, 0.5) is 0 Å². The topological polar surface area (TPSA) is 9.23 Å². The van der Waals surface area contributed by atoms with Gasteiger partial charge in [-0.25, -0.2) is 10.0 Å². The zero-order valence-electron chi connectivity index (χ0n) is 12.1. The van der Waals surface area contributed by atoms with Crippen molar-refractivity contribution in [3.05, 3.63) is 59.7 Å². The van der Waals surface area contributed by atoms with Crippen LogP contribution in [0.2, 0.25) is 0 Å². The molecule has 2 aromatic rings. The van der Waals surface area contributed by atoms with Gasteiger partial charge in [0.15, 0.2) is 0 Å². The summed E-state index contributed by atoms with van der Waals surface area (Å²) in [4.78, 5) is 1.46. The average molecular weight is 274 g/mol. The van der Waals surface area contributed by atoms with Crippen LogP contribution in [0.25, 0.3) is 0 Å². The second kappa shape index (κ2) is 5.70. The van der Waals surface area contributed by atoms with Gasteiger partial charge in [-0.05, 0) is 65.5 Å². The zero-order valence-corrected chi connectivity index (χ0v) is 13.0. The van der Waals surface area contributed by atoms with Crippen LogP contribution < -0.4 is 4.74 Å². The van der Waals surface area contributed by atoms with Crippen LogP contribution in [0, 0.1) is 0 Å². The highest BCUT2D eigenvalue weighted by molar-refractivity contribution is 8.32. The minimum atomic E-state index is -0.618. The molecule has 1 nitrogen and oxygen atoms in total. The summed E-state index contributed by atoms with van der Waals surface area (Å²) in [6, 6.07) is 17.3. The number of rotatable bonds is 4. The van der Waals surface area contributed by atoms with Gasteiger partial charge < -0.3 is 4.74 Å². The summed E-state index contributed by atoms with van der Waals surface area (Å²) in [5, 5.41) is 0. The molecule has 2 rings (SSSR count). The van der Waals surface area contributed by atoms with Crippen molar-refractivity contribution in [2.45, 2.75) is 11.3 Å².